The van der Waals surface area contributed by atoms with Crippen molar-refractivity contribution >= 4 is 40.8 Å². The van der Waals surface area contributed by atoms with Gasteiger partial charge in [0.2, 0.25) is 5.91 Å². The molecule has 0 heterocycles. The van der Waals surface area contributed by atoms with E-state index in [0.717, 1.165) is 31.2 Å². The second-order valence-electron chi connectivity index (χ2n) is 7.31. The van der Waals surface area contributed by atoms with Gasteiger partial charge in [-0.15, -0.1) is 0 Å². The monoisotopic (exact) mass is 433 g/mol. The van der Waals surface area contributed by atoms with Crippen LogP contribution in [0.25, 0.3) is 0 Å². The number of hydrogen-bond acceptors (Lipinski definition) is 2. The van der Waals surface area contributed by atoms with E-state index in [9.17, 15) is 9.59 Å². The summed E-state index contributed by atoms with van der Waals surface area (Å²) in [7, 11) is 0. The number of carbonyl (C=O) groups is 2. The SMILES string of the molecule is O=C(NC1CCCCC1)NC(Cc1ccccc1)C(=O)Nc1ccc(Cl)cc1Cl. The molecule has 0 aromatic heterocycles. The average molecular weight is 434 g/mol. The molecule has 7 heteroatoms. The maximum Gasteiger partial charge on any atom is 0.315 e. The zero-order valence-electron chi connectivity index (χ0n) is 16.1. The molecule has 3 amide bonds. The average Bonchev–Trinajstić information content (AvgIpc) is 2.71. The summed E-state index contributed by atoms with van der Waals surface area (Å²) >= 11 is 12.1. The molecule has 1 aliphatic carbocycles. The fraction of sp³-hybridized carbons (Fsp3) is 0.364. The largest absolute Gasteiger partial charge is 0.335 e. The fourth-order valence-electron chi connectivity index (χ4n) is 3.50. The summed E-state index contributed by atoms with van der Waals surface area (Å²) in [6, 6.07) is 13.5. The Morgan fingerprint density at radius 2 is 1.72 bits per heavy atom. The quantitative estimate of drug-likeness (QED) is 0.587. The number of hydrogen-bond donors (Lipinski definition) is 3. The van der Waals surface area contributed by atoms with Crippen LogP contribution in [0.5, 0.6) is 0 Å². The number of carbonyl (C=O) groups excluding carboxylic acids is 2. The number of rotatable bonds is 6. The predicted molar refractivity (Wildman–Crippen MR) is 118 cm³/mol. The van der Waals surface area contributed by atoms with Gasteiger partial charge in [0.25, 0.3) is 0 Å². The van der Waals surface area contributed by atoms with Crippen LogP contribution in [-0.4, -0.2) is 24.0 Å². The lowest BCUT2D eigenvalue weighted by molar-refractivity contribution is -0.117. The van der Waals surface area contributed by atoms with Crippen molar-refractivity contribution < 1.29 is 9.59 Å². The fourth-order valence-corrected chi connectivity index (χ4v) is 3.96. The van der Waals surface area contributed by atoms with Gasteiger partial charge >= 0.3 is 6.03 Å². The molecule has 2 aromatic carbocycles. The van der Waals surface area contributed by atoms with Crippen LogP contribution in [0.3, 0.4) is 0 Å². The standard InChI is InChI=1S/C22H25Cl2N3O2/c23-16-11-12-19(18(24)14-16)26-21(28)20(13-15-7-3-1-4-8-15)27-22(29)25-17-9-5-2-6-10-17/h1,3-4,7-8,11-12,14,17,20H,2,5-6,9-10,13H2,(H,26,28)(H2,25,27,29). The van der Waals surface area contributed by atoms with Crippen LogP contribution in [0.1, 0.15) is 37.7 Å². The summed E-state index contributed by atoms with van der Waals surface area (Å²) in [5.41, 5.74) is 1.40. The van der Waals surface area contributed by atoms with Crippen molar-refractivity contribution in [2.75, 3.05) is 5.32 Å². The molecule has 5 nitrogen and oxygen atoms in total. The molecule has 154 valence electrons. The lowest BCUT2D eigenvalue weighted by Crippen LogP contribution is -2.51. The smallest absolute Gasteiger partial charge is 0.315 e. The number of nitrogens with one attached hydrogen (secondary N) is 3. The summed E-state index contributed by atoms with van der Waals surface area (Å²) in [6.07, 6.45) is 5.77. The van der Waals surface area contributed by atoms with Gasteiger partial charge < -0.3 is 16.0 Å². The van der Waals surface area contributed by atoms with E-state index in [4.69, 9.17) is 23.2 Å². The predicted octanol–water partition coefficient (Wildman–Crippen LogP) is 5.18. The van der Waals surface area contributed by atoms with Crippen LogP contribution in [-0.2, 0) is 11.2 Å². The van der Waals surface area contributed by atoms with Crippen molar-refractivity contribution in [3.05, 3.63) is 64.1 Å². The zero-order valence-corrected chi connectivity index (χ0v) is 17.6. The first-order valence-electron chi connectivity index (χ1n) is 9.88. The summed E-state index contributed by atoms with van der Waals surface area (Å²) in [4.78, 5) is 25.5. The minimum Gasteiger partial charge on any atom is -0.335 e. The molecular weight excluding hydrogens is 409 g/mol. The molecular formula is C22H25Cl2N3O2. The van der Waals surface area contributed by atoms with Crippen molar-refractivity contribution in [3.63, 3.8) is 0 Å². The molecule has 1 unspecified atom stereocenters. The van der Waals surface area contributed by atoms with Crippen LogP contribution in [0.2, 0.25) is 10.0 Å². The van der Waals surface area contributed by atoms with Crippen molar-refractivity contribution in [1.29, 1.82) is 0 Å². The van der Waals surface area contributed by atoms with Crippen LogP contribution in [0.4, 0.5) is 10.5 Å². The van der Waals surface area contributed by atoms with Crippen molar-refractivity contribution in [3.8, 4) is 0 Å². The Hall–Kier alpha value is -2.24. The van der Waals surface area contributed by atoms with Gasteiger partial charge in [-0.2, -0.15) is 0 Å². The molecule has 3 N–H and O–H groups in total. The normalized spacial score (nSPS) is 15.4. The van der Waals surface area contributed by atoms with Crippen LogP contribution in [0, 0.1) is 0 Å². The van der Waals surface area contributed by atoms with Crippen molar-refractivity contribution in [2.24, 2.45) is 0 Å². The number of benzene rings is 2. The Balaban J connectivity index is 1.69. The van der Waals surface area contributed by atoms with Crippen molar-refractivity contribution in [2.45, 2.75) is 50.6 Å². The first-order valence-corrected chi connectivity index (χ1v) is 10.6. The molecule has 0 radical (unpaired) electrons. The Morgan fingerprint density at radius 1 is 1.00 bits per heavy atom. The highest BCUT2D eigenvalue weighted by Gasteiger charge is 2.24. The van der Waals surface area contributed by atoms with Gasteiger partial charge in [-0.05, 0) is 36.6 Å². The molecule has 0 saturated heterocycles. The van der Waals surface area contributed by atoms with E-state index in [1.54, 1.807) is 18.2 Å². The third kappa shape index (κ3) is 6.65. The van der Waals surface area contributed by atoms with Gasteiger partial charge in [0.05, 0.1) is 10.7 Å². The lowest BCUT2D eigenvalue weighted by atomic mass is 9.96. The molecule has 29 heavy (non-hydrogen) atoms. The van der Waals surface area contributed by atoms with Gasteiger partial charge in [0.1, 0.15) is 6.04 Å². The number of amides is 3. The van der Waals surface area contributed by atoms with E-state index in [2.05, 4.69) is 16.0 Å². The van der Waals surface area contributed by atoms with Gasteiger partial charge in [-0.25, -0.2) is 4.79 Å². The number of urea groups is 1. The van der Waals surface area contributed by atoms with Crippen LogP contribution >= 0.6 is 23.2 Å². The molecule has 1 aliphatic rings. The molecule has 1 saturated carbocycles. The molecule has 0 spiro atoms. The third-order valence-electron chi connectivity index (χ3n) is 5.03. The minimum absolute atomic E-state index is 0.162. The maximum absolute atomic E-state index is 12.9. The highest BCUT2D eigenvalue weighted by molar-refractivity contribution is 6.36. The number of halogens is 2. The van der Waals surface area contributed by atoms with E-state index in [1.807, 2.05) is 30.3 Å². The topological polar surface area (TPSA) is 70.2 Å². The third-order valence-corrected chi connectivity index (χ3v) is 5.58. The van der Waals surface area contributed by atoms with Crippen LogP contribution in [0.15, 0.2) is 48.5 Å². The van der Waals surface area contributed by atoms with Gasteiger partial charge in [-0.3, -0.25) is 4.79 Å². The lowest BCUT2D eigenvalue weighted by Gasteiger charge is -2.25. The highest BCUT2D eigenvalue weighted by atomic mass is 35.5. The van der Waals surface area contributed by atoms with E-state index in [0.29, 0.717) is 22.2 Å². The maximum atomic E-state index is 12.9. The zero-order chi connectivity index (χ0) is 20.6. The van der Waals surface area contributed by atoms with Gasteiger partial charge in [0.15, 0.2) is 0 Å². The second kappa shape index (κ2) is 10.5. The molecule has 0 bridgehead atoms. The Labute approximate surface area is 181 Å². The van der Waals surface area contributed by atoms with Gasteiger partial charge in [0, 0.05) is 17.5 Å². The molecule has 2 aromatic rings. The second-order valence-corrected chi connectivity index (χ2v) is 8.15. The number of anilines is 1. The summed E-state index contributed by atoms with van der Waals surface area (Å²) < 4.78 is 0. The Bertz CT molecular complexity index is 839. The molecule has 1 fully saturated rings. The van der Waals surface area contributed by atoms with E-state index in [1.165, 1.54) is 6.42 Å². The van der Waals surface area contributed by atoms with Gasteiger partial charge in [-0.1, -0.05) is 72.8 Å². The molecule has 3 rings (SSSR count). The van der Waals surface area contributed by atoms with E-state index < -0.39 is 6.04 Å². The first-order chi connectivity index (χ1) is 14.0. The highest BCUT2D eigenvalue weighted by Crippen LogP contribution is 2.25. The van der Waals surface area contributed by atoms with Crippen molar-refractivity contribution in [1.82, 2.24) is 10.6 Å². The Kier molecular flexibility index (Phi) is 7.78. The molecule has 0 aliphatic heterocycles. The van der Waals surface area contributed by atoms with E-state index in [-0.39, 0.29) is 18.0 Å². The minimum atomic E-state index is -0.743. The summed E-state index contributed by atoms with van der Waals surface area (Å²) in [5, 5.41) is 9.45. The Morgan fingerprint density at radius 3 is 2.41 bits per heavy atom. The summed E-state index contributed by atoms with van der Waals surface area (Å²) in [5.74, 6) is -0.336. The summed E-state index contributed by atoms with van der Waals surface area (Å²) in [6.45, 7) is 0. The first kappa shape index (κ1) is 21.5. The molecule has 1 atom stereocenters. The van der Waals surface area contributed by atoms with E-state index >= 15 is 0 Å². The van der Waals surface area contributed by atoms with Crippen LogP contribution < -0.4 is 16.0 Å².